The monoisotopic (exact) mass is 319 g/mol. The summed E-state index contributed by atoms with van der Waals surface area (Å²) in [5.74, 6) is 1.01. The van der Waals surface area contributed by atoms with Gasteiger partial charge in [-0.2, -0.15) is 0 Å². The van der Waals surface area contributed by atoms with Crippen molar-refractivity contribution in [3.8, 4) is 5.75 Å². The number of nitrogens with one attached hydrogen (secondary N) is 1. The fourth-order valence-corrected chi connectivity index (χ4v) is 3.38. The number of ether oxygens (including phenoxy) is 1. The van der Waals surface area contributed by atoms with Gasteiger partial charge in [0.25, 0.3) is 10.0 Å². The fourth-order valence-electron chi connectivity index (χ4n) is 2.24. The predicted octanol–water partition coefficient (Wildman–Crippen LogP) is 3.93. The van der Waals surface area contributed by atoms with Crippen LogP contribution >= 0.6 is 0 Å². The lowest BCUT2D eigenvalue weighted by molar-refractivity contribution is 0.407. The molecule has 0 saturated carbocycles. The molecule has 0 aliphatic rings. The molecule has 22 heavy (non-hydrogen) atoms. The molecule has 2 aromatic carbocycles. The summed E-state index contributed by atoms with van der Waals surface area (Å²) in [6.07, 6.45) is 0. The van der Waals surface area contributed by atoms with Gasteiger partial charge in [-0.15, -0.1) is 0 Å². The van der Waals surface area contributed by atoms with Crippen LogP contribution in [0.1, 0.15) is 30.9 Å². The summed E-state index contributed by atoms with van der Waals surface area (Å²) in [7, 11) is -1.97. The van der Waals surface area contributed by atoms with Gasteiger partial charge in [-0.25, -0.2) is 8.42 Å². The van der Waals surface area contributed by atoms with E-state index in [1.807, 2.05) is 32.9 Å². The molecule has 4 nitrogen and oxygen atoms in total. The number of hydrogen-bond acceptors (Lipinski definition) is 3. The van der Waals surface area contributed by atoms with Crippen molar-refractivity contribution in [2.45, 2.75) is 31.6 Å². The van der Waals surface area contributed by atoms with E-state index in [9.17, 15) is 8.42 Å². The zero-order valence-electron chi connectivity index (χ0n) is 13.3. The van der Waals surface area contributed by atoms with E-state index in [-0.39, 0.29) is 10.8 Å². The third-order valence-corrected chi connectivity index (χ3v) is 4.88. The van der Waals surface area contributed by atoms with Gasteiger partial charge in [-0.1, -0.05) is 32.0 Å². The first-order chi connectivity index (χ1) is 10.3. The number of sulfonamides is 1. The highest BCUT2D eigenvalue weighted by Crippen LogP contribution is 2.32. The Kier molecular flexibility index (Phi) is 4.76. The van der Waals surface area contributed by atoms with E-state index in [1.54, 1.807) is 37.4 Å². The fraction of sp³-hybridized carbons (Fsp3) is 0.294. The molecule has 0 saturated heterocycles. The van der Waals surface area contributed by atoms with Crippen molar-refractivity contribution in [2.75, 3.05) is 11.8 Å². The van der Waals surface area contributed by atoms with Crippen LogP contribution < -0.4 is 9.46 Å². The third-order valence-electron chi connectivity index (χ3n) is 3.50. The van der Waals surface area contributed by atoms with Crippen molar-refractivity contribution >= 4 is 15.7 Å². The molecule has 0 aliphatic heterocycles. The number of methoxy groups -OCH3 is 1. The molecule has 0 aromatic heterocycles. The topological polar surface area (TPSA) is 55.4 Å². The van der Waals surface area contributed by atoms with Gasteiger partial charge in [0.2, 0.25) is 0 Å². The first kappa shape index (κ1) is 16.4. The molecule has 0 atom stereocenters. The van der Waals surface area contributed by atoms with Gasteiger partial charge in [0, 0.05) is 0 Å². The molecule has 1 N–H and O–H groups in total. The minimum atomic E-state index is -3.59. The summed E-state index contributed by atoms with van der Waals surface area (Å²) in [6.45, 7) is 5.95. The molecule has 0 amide bonds. The molecule has 118 valence electrons. The lowest BCUT2D eigenvalue weighted by Gasteiger charge is -2.17. The van der Waals surface area contributed by atoms with Crippen LogP contribution in [0.4, 0.5) is 5.69 Å². The van der Waals surface area contributed by atoms with Crippen LogP contribution in [-0.2, 0) is 10.0 Å². The normalized spacial score (nSPS) is 11.5. The second kappa shape index (κ2) is 6.40. The Morgan fingerprint density at radius 2 is 1.73 bits per heavy atom. The van der Waals surface area contributed by atoms with E-state index in [4.69, 9.17) is 4.74 Å². The van der Waals surface area contributed by atoms with Crippen molar-refractivity contribution in [3.05, 3.63) is 53.6 Å². The second-order valence-corrected chi connectivity index (χ2v) is 7.16. The maximum absolute atomic E-state index is 12.4. The number of anilines is 1. The van der Waals surface area contributed by atoms with Crippen LogP contribution in [0.5, 0.6) is 5.75 Å². The molecule has 2 rings (SSSR count). The van der Waals surface area contributed by atoms with E-state index in [0.717, 1.165) is 16.9 Å². The van der Waals surface area contributed by atoms with Gasteiger partial charge in [0.1, 0.15) is 5.75 Å². The highest BCUT2D eigenvalue weighted by Gasteiger charge is 2.17. The molecular formula is C17H21NO3S. The standard InChI is InChI=1S/C17H21NO3S/c1-12(2)15-11-16(13(3)10-17(15)21-4)18-22(19,20)14-8-6-5-7-9-14/h5-12,18H,1-4H3. The van der Waals surface area contributed by atoms with E-state index >= 15 is 0 Å². The Bertz CT molecular complexity index is 753. The lowest BCUT2D eigenvalue weighted by atomic mass is 9.99. The maximum Gasteiger partial charge on any atom is 0.261 e. The van der Waals surface area contributed by atoms with E-state index in [2.05, 4.69) is 4.72 Å². The zero-order chi connectivity index (χ0) is 16.3. The number of benzene rings is 2. The first-order valence-corrected chi connectivity index (χ1v) is 8.60. The van der Waals surface area contributed by atoms with Crippen molar-refractivity contribution in [1.82, 2.24) is 0 Å². The molecule has 0 radical (unpaired) electrons. The summed E-state index contributed by atoms with van der Waals surface area (Å²) >= 11 is 0. The highest BCUT2D eigenvalue weighted by atomic mass is 32.2. The van der Waals surface area contributed by atoms with Crippen molar-refractivity contribution in [2.24, 2.45) is 0 Å². The first-order valence-electron chi connectivity index (χ1n) is 7.11. The molecule has 5 heteroatoms. The minimum absolute atomic E-state index is 0.232. The Morgan fingerprint density at radius 1 is 1.09 bits per heavy atom. The average Bonchev–Trinajstić information content (AvgIpc) is 2.49. The minimum Gasteiger partial charge on any atom is -0.496 e. The van der Waals surface area contributed by atoms with Crippen LogP contribution in [0.15, 0.2) is 47.4 Å². The van der Waals surface area contributed by atoms with E-state index in [0.29, 0.717) is 5.69 Å². The smallest absolute Gasteiger partial charge is 0.261 e. The summed E-state index contributed by atoms with van der Waals surface area (Å²) in [4.78, 5) is 0.247. The number of rotatable bonds is 5. The van der Waals surface area contributed by atoms with Crippen molar-refractivity contribution in [1.29, 1.82) is 0 Å². The van der Waals surface area contributed by atoms with Gasteiger partial charge in [0.05, 0.1) is 17.7 Å². The van der Waals surface area contributed by atoms with Gasteiger partial charge in [-0.3, -0.25) is 4.72 Å². The second-order valence-electron chi connectivity index (χ2n) is 5.48. The Labute approximate surface area is 132 Å². The van der Waals surface area contributed by atoms with Crippen molar-refractivity contribution in [3.63, 3.8) is 0 Å². The molecule has 0 unspecified atom stereocenters. The molecule has 0 bridgehead atoms. The van der Waals surface area contributed by atoms with E-state index < -0.39 is 10.0 Å². The van der Waals surface area contributed by atoms with Crippen LogP contribution in [-0.4, -0.2) is 15.5 Å². The van der Waals surface area contributed by atoms with Crippen LogP contribution in [0, 0.1) is 6.92 Å². The average molecular weight is 319 g/mol. The van der Waals surface area contributed by atoms with Crippen molar-refractivity contribution < 1.29 is 13.2 Å². The van der Waals surface area contributed by atoms with Crippen LogP contribution in [0.25, 0.3) is 0 Å². The number of aryl methyl sites for hydroxylation is 1. The maximum atomic E-state index is 12.4. The van der Waals surface area contributed by atoms with Gasteiger partial charge in [0.15, 0.2) is 0 Å². The molecular weight excluding hydrogens is 298 g/mol. The largest absolute Gasteiger partial charge is 0.496 e. The summed E-state index contributed by atoms with van der Waals surface area (Å²) in [5, 5.41) is 0. The molecule has 0 spiro atoms. The molecule has 2 aromatic rings. The highest BCUT2D eigenvalue weighted by molar-refractivity contribution is 7.92. The van der Waals surface area contributed by atoms with Crippen LogP contribution in [0.2, 0.25) is 0 Å². The van der Waals surface area contributed by atoms with E-state index in [1.165, 1.54) is 0 Å². The number of hydrogen-bond donors (Lipinski definition) is 1. The Morgan fingerprint density at radius 3 is 2.27 bits per heavy atom. The summed E-state index contributed by atoms with van der Waals surface area (Å²) < 4.78 is 32.9. The van der Waals surface area contributed by atoms with Gasteiger partial charge >= 0.3 is 0 Å². The SMILES string of the molecule is COc1cc(C)c(NS(=O)(=O)c2ccccc2)cc1C(C)C. The quantitative estimate of drug-likeness (QED) is 0.908. The van der Waals surface area contributed by atoms with Crippen LogP contribution in [0.3, 0.4) is 0 Å². The lowest BCUT2D eigenvalue weighted by Crippen LogP contribution is -2.14. The Balaban J connectivity index is 2.44. The summed E-state index contributed by atoms with van der Waals surface area (Å²) in [5.41, 5.74) is 2.37. The van der Waals surface area contributed by atoms with Gasteiger partial charge in [-0.05, 0) is 48.2 Å². The molecule has 0 fully saturated rings. The summed E-state index contributed by atoms with van der Waals surface area (Å²) in [6, 6.07) is 12.0. The Hall–Kier alpha value is -2.01. The molecule has 0 heterocycles. The zero-order valence-corrected chi connectivity index (χ0v) is 14.1. The van der Waals surface area contributed by atoms with Gasteiger partial charge < -0.3 is 4.74 Å². The predicted molar refractivity (Wildman–Crippen MR) is 89.1 cm³/mol. The molecule has 0 aliphatic carbocycles. The third kappa shape index (κ3) is 3.42.